The Bertz CT molecular complexity index is 838. The molecule has 2 aromatic carbocycles. The van der Waals surface area contributed by atoms with E-state index < -0.39 is 11.9 Å². The van der Waals surface area contributed by atoms with E-state index in [1.807, 2.05) is 0 Å². The first-order valence-electron chi connectivity index (χ1n) is 7.79. The summed E-state index contributed by atoms with van der Waals surface area (Å²) in [6.45, 7) is 0. The average Bonchev–Trinajstić information content (AvgIpc) is 2.70. The highest BCUT2D eigenvalue weighted by Gasteiger charge is 2.27. The Hall–Kier alpha value is -3.22. The summed E-state index contributed by atoms with van der Waals surface area (Å²) in [5, 5.41) is 7.86. The molecule has 3 N–H and O–H groups in total. The molecule has 1 heterocycles. The molecule has 0 radical (unpaired) electrons. The third-order valence-corrected chi connectivity index (χ3v) is 3.82. The van der Waals surface area contributed by atoms with Crippen LogP contribution in [-0.2, 0) is 9.59 Å². The van der Waals surface area contributed by atoms with Crippen LogP contribution in [0.1, 0.15) is 23.2 Å². The molecule has 1 aliphatic rings. The van der Waals surface area contributed by atoms with E-state index in [1.54, 1.807) is 30.3 Å². The number of benzene rings is 2. The number of rotatable bonds is 4. The Morgan fingerprint density at radius 3 is 2.72 bits per heavy atom. The van der Waals surface area contributed by atoms with Crippen LogP contribution in [0.3, 0.4) is 0 Å². The first-order chi connectivity index (χ1) is 12.0. The summed E-state index contributed by atoms with van der Waals surface area (Å²) in [5.74, 6) is -1.57. The van der Waals surface area contributed by atoms with Crippen molar-refractivity contribution in [1.29, 1.82) is 0 Å². The van der Waals surface area contributed by atoms with Crippen LogP contribution in [0.15, 0.2) is 48.5 Å². The minimum Gasteiger partial charge on any atom is -0.340 e. The van der Waals surface area contributed by atoms with Crippen molar-refractivity contribution in [3.8, 4) is 0 Å². The SMILES string of the molecule is O=C(CCC1NC(=O)c2ccccc2NC1=O)Nc1cccc(F)c1. The summed E-state index contributed by atoms with van der Waals surface area (Å²) in [7, 11) is 0. The number of hydrogen-bond acceptors (Lipinski definition) is 3. The van der Waals surface area contributed by atoms with Crippen LogP contribution in [-0.4, -0.2) is 23.8 Å². The number of hydrogen-bond donors (Lipinski definition) is 3. The molecule has 25 heavy (non-hydrogen) atoms. The molecule has 128 valence electrons. The molecular weight excluding hydrogens is 325 g/mol. The molecule has 0 saturated heterocycles. The third kappa shape index (κ3) is 4.00. The Balaban J connectivity index is 1.61. The van der Waals surface area contributed by atoms with Crippen molar-refractivity contribution in [2.45, 2.75) is 18.9 Å². The van der Waals surface area contributed by atoms with E-state index in [0.29, 0.717) is 16.9 Å². The second-order valence-corrected chi connectivity index (χ2v) is 5.66. The van der Waals surface area contributed by atoms with Crippen LogP contribution in [0.25, 0.3) is 0 Å². The zero-order chi connectivity index (χ0) is 17.8. The van der Waals surface area contributed by atoms with E-state index >= 15 is 0 Å². The van der Waals surface area contributed by atoms with E-state index in [9.17, 15) is 18.8 Å². The maximum absolute atomic E-state index is 13.1. The quantitative estimate of drug-likeness (QED) is 0.797. The predicted molar refractivity (Wildman–Crippen MR) is 90.6 cm³/mol. The lowest BCUT2D eigenvalue weighted by Gasteiger charge is -2.14. The van der Waals surface area contributed by atoms with E-state index in [2.05, 4.69) is 16.0 Å². The highest BCUT2D eigenvalue weighted by atomic mass is 19.1. The molecule has 0 fully saturated rings. The molecule has 6 nitrogen and oxygen atoms in total. The van der Waals surface area contributed by atoms with Crippen LogP contribution in [0, 0.1) is 5.82 Å². The highest BCUT2D eigenvalue weighted by Crippen LogP contribution is 2.19. The number of halogens is 1. The van der Waals surface area contributed by atoms with Gasteiger partial charge in [-0.25, -0.2) is 4.39 Å². The van der Waals surface area contributed by atoms with Crippen molar-refractivity contribution in [1.82, 2.24) is 5.32 Å². The van der Waals surface area contributed by atoms with E-state index in [4.69, 9.17) is 0 Å². The van der Waals surface area contributed by atoms with Gasteiger partial charge in [0.15, 0.2) is 0 Å². The fraction of sp³-hybridized carbons (Fsp3) is 0.167. The molecule has 0 aromatic heterocycles. The number of nitrogens with one attached hydrogen (secondary N) is 3. The van der Waals surface area contributed by atoms with Crippen molar-refractivity contribution in [2.24, 2.45) is 0 Å². The standard InChI is InChI=1S/C18H16FN3O3/c19-11-4-3-5-12(10-11)20-16(23)9-8-15-18(25)21-14-7-2-1-6-13(14)17(24)22-15/h1-7,10,15H,8-9H2,(H,20,23)(H,21,25)(H,22,24). The van der Waals surface area contributed by atoms with Crippen LogP contribution >= 0.6 is 0 Å². The second-order valence-electron chi connectivity index (χ2n) is 5.66. The summed E-state index contributed by atoms with van der Waals surface area (Å²) < 4.78 is 13.1. The van der Waals surface area contributed by atoms with E-state index in [-0.39, 0.29) is 30.6 Å². The molecule has 0 bridgehead atoms. The number of carbonyl (C=O) groups excluding carboxylic acids is 3. The van der Waals surface area contributed by atoms with Gasteiger partial charge in [-0.3, -0.25) is 14.4 Å². The van der Waals surface area contributed by atoms with Gasteiger partial charge in [-0.2, -0.15) is 0 Å². The first-order valence-corrected chi connectivity index (χ1v) is 7.79. The molecule has 0 aliphatic carbocycles. The van der Waals surface area contributed by atoms with Crippen LogP contribution in [0.4, 0.5) is 15.8 Å². The van der Waals surface area contributed by atoms with Crippen LogP contribution < -0.4 is 16.0 Å². The second kappa shape index (κ2) is 7.12. The lowest BCUT2D eigenvalue weighted by molar-refractivity contribution is -0.118. The van der Waals surface area contributed by atoms with Gasteiger partial charge >= 0.3 is 0 Å². The number of anilines is 2. The lowest BCUT2D eigenvalue weighted by Crippen LogP contribution is -2.41. The summed E-state index contributed by atoms with van der Waals surface area (Å²) in [4.78, 5) is 36.4. The van der Waals surface area contributed by atoms with Gasteiger partial charge in [0.25, 0.3) is 5.91 Å². The van der Waals surface area contributed by atoms with Gasteiger partial charge in [0, 0.05) is 12.1 Å². The molecule has 0 saturated carbocycles. The molecule has 1 unspecified atom stereocenters. The Kier molecular flexibility index (Phi) is 4.74. The molecule has 1 aliphatic heterocycles. The van der Waals surface area contributed by atoms with Gasteiger partial charge in [0.05, 0.1) is 11.3 Å². The minimum atomic E-state index is -0.821. The number of fused-ring (bicyclic) bond motifs is 1. The molecule has 2 aromatic rings. The van der Waals surface area contributed by atoms with Gasteiger partial charge < -0.3 is 16.0 Å². The monoisotopic (exact) mass is 341 g/mol. The van der Waals surface area contributed by atoms with Crippen LogP contribution in [0.5, 0.6) is 0 Å². The topological polar surface area (TPSA) is 87.3 Å². The lowest BCUT2D eigenvalue weighted by atomic mass is 10.1. The van der Waals surface area contributed by atoms with Gasteiger partial charge in [-0.1, -0.05) is 18.2 Å². The van der Waals surface area contributed by atoms with Crippen LogP contribution in [0.2, 0.25) is 0 Å². The summed E-state index contributed by atoms with van der Waals surface area (Å²) in [5.41, 5.74) is 1.16. The van der Waals surface area contributed by atoms with Crippen molar-refractivity contribution < 1.29 is 18.8 Å². The van der Waals surface area contributed by atoms with Gasteiger partial charge in [-0.05, 0) is 36.8 Å². The largest absolute Gasteiger partial charge is 0.340 e. The summed E-state index contributed by atoms with van der Waals surface area (Å²) in [6.07, 6.45) is 0.137. The molecular formula is C18H16FN3O3. The summed E-state index contributed by atoms with van der Waals surface area (Å²) >= 11 is 0. The smallest absolute Gasteiger partial charge is 0.254 e. The first kappa shape index (κ1) is 16.6. The Morgan fingerprint density at radius 1 is 1.12 bits per heavy atom. The van der Waals surface area contributed by atoms with E-state index in [1.165, 1.54) is 18.2 Å². The van der Waals surface area contributed by atoms with Crippen molar-refractivity contribution in [3.63, 3.8) is 0 Å². The normalized spacial score (nSPS) is 16.3. The predicted octanol–water partition coefficient (Wildman–Crippen LogP) is 2.30. The zero-order valence-corrected chi connectivity index (χ0v) is 13.2. The van der Waals surface area contributed by atoms with E-state index in [0.717, 1.165) is 0 Å². The fourth-order valence-corrected chi connectivity index (χ4v) is 2.58. The number of carbonyl (C=O) groups is 3. The van der Waals surface area contributed by atoms with Gasteiger partial charge in [-0.15, -0.1) is 0 Å². The number of amides is 3. The molecule has 3 rings (SSSR count). The maximum Gasteiger partial charge on any atom is 0.254 e. The zero-order valence-electron chi connectivity index (χ0n) is 13.2. The van der Waals surface area contributed by atoms with Crippen molar-refractivity contribution >= 4 is 29.1 Å². The number of para-hydroxylation sites is 1. The van der Waals surface area contributed by atoms with Crippen molar-refractivity contribution in [3.05, 3.63) is 59.9 Å². The molecule has 7 heteroatoms. The highest BCUT2D eigenvalue weighted by molar-refractivity contribution is 6.09. The third-order valence-electron chi connectivity index (χ3n) is 3.82. The molecule has 1 atom stereocenters. The maximum atomic E-state index is 13.1. The average molecular weight is 341 g/mol. The van der Waals surface area contributed by atoms with Gasteiger partial charge in [0.2, 0.25) is 11.8 Å². The fourth-order valence-electron chi connectivity index (χ4n) is 2.58. The Morgan fingerprint density at radius 2 is 1.92 bits per heavy atom. The molecule has 3 amide bonds. The summed E-state index contributed by atoms with van der Waals surface area (Å²) in [6, 6.07) is 11.4. The Labute approximate surface area is 143 Å². The molecule has 0 spiro atoms. The van der Waals surface area contributed by atoms with Crippen molar-refractivity contribution in [2.75, 3.05) is 10.6 Å². The minimum absolute atomic E-state index is 0.00518. The van der Waals surface area contributed by atoms with Gasteiger partial charge in [0.1, 0.15) is 11.9 Å².